The number of aryl methyl sites for hydroxylation is 1. The first-order chi connectivity index (χ1) is 9.65. The van der Waals surface area contributed by atoms with Crippen LogP contribution in [0.15, 0.2) is 12.1 Å². The van der Waals surface area contributed by atoms with Crippen molar-refractivity contribution in [1.29, 1.82) is 0 Å². The number of nitrogens with one attached hydrogen (secondary N) is 1. The van der Waals surface area contributed by atoms with Crippen molar-refractivity contribution < 1.29 is 9.53 Å². The fourth-order valence-electron chi connectivity index (χ4n) is 2.36. The van der Waals surface area contributed by atoms with Gasteiger partial charge < -0.3 is 15.0 Å². The summed E-state index contributed by atoms with van der Waals surface area (Å²) < 4.78 is 5.35. The standard InChI is InChI=1S/C15H23N3O2/c1-4-12-8-11(9-14(17-12)16-5-2)15(19)18(3)13-6-7-20-10-13/h8-9,13H,4-7,10H2,1-3H3,(H,16,17). The zero-order chi connectivity index (χ0) is 14.5. The normalized spacial score (nSPS) is 18.1. The molecule has 1 aliphatic heterocycles. The molecule has 1 N–H and O–H groups in total. The molecule has 1 amide bonds. The SMILES string of the molecule is CCNc1cc(C(=O)N(C)C2CCOC2)cc(CC)n1. The Morgan fingerprint density at radius 1 is 1.50 bits per heavy atom. The van der Waals surface area contributed by atoms with Crippen molar-refractivity contribution in [2.24, 2.45) is 0 Å². The Balaban J connectivity index is 2.21. The van der Waals surface area contributed by atoms with Gasteiger partial charge in [0.25, 0.3) is 5.91 Å². The lowest BCUT2D eigenvalue weighted by atomic mass is 10.1. The molecule has 5 nitrogen and oxygen atoms in total. The molecule has 0 aliphatic carbocycles. The van der Waals surface area contributed by atoms with Gasteiger partial charge >= 0.3 is 0 Å². The smallest absolute Gasteiger partial charge is 0.254 e. The lowest BCUT2D eigenvalue weighted by Gasteiger charge is -2.23. The summed E-state index contributed by atoms with van der Waals surface area (Å²) in [7, 11) is 1.85. The summed E-state index contributed by atoms with van der Waals surface area (Å²) in [5.74, 6) is 0.808. The van der Waals surface area contributed by atoms with Gasteiger partial charge in [-0.25, -0.2) is 4.98 Å². The number of aromatic nitrogens is 1. The zero-order valence-electron chi connectivity index (χ0n) is 12.5. The van der Waals surface area contributed by atoms with E-state index in [9.17, 15) is 4.79 Å². The molecule has 1 aromatic rings. The second kappa shape index (κ2) is 6.70. The van der Waals surface area contributed by atoms with Gasteiger partial charge in [0, 0.05) is 31.5 Å². The van der Waals surface area contributed by atoms with Gasteiger partial charge in [0.15, 0.2) is 0 Å². The summed E-state index contributed by atoms with van der Waals surface area (Å²) in [4.78, 5) is 18.8. The molecule has 1 aliphatic rings. The van der Waals surface area contributed by atoms with Gasteiger partial charge in [-0.05, 0) is 31.9 Å². The Hall–Kier alpha value is -1.62. The van der Waals surface area contributed by atoms with E-state index in [1.54, 1.807) is 4.90 Å². The zero-order valence-corrected chi connectivity index (χ0v) is 12.5. The van der Waals surface area contributed by atoms with Crippen LogP contribution < -0.4 is 5.32 Å². The number of nitrogens with zero attached hydrogens (tertiary/aromatic N) is 2. The number of anilines is 1. The Morgan fingerprint density at radius 3 is 2.90 bits per heavy atom. The van der Waals surface area contributed by atoms with Gasteiger partial charge in [0.05, 0.1) is 12.6 Å². The average Bonchev–Trinajstić information content (AvgIpc) is 2.99. The molecule has 1 unspecified atom stereocenters. The number of rotatable bonds is 5. The molecule has 0 aromatic carbocycles. The van der Waals surface area contributed by atoms with Gasteiger partial charge in [0.1, 0.15) is 5.82 Å². The van der Waals surface area contributed by atoms with Crippen LogP contribution >= 0.6 is 0 Å². The monoisotopic (exact) mass is 277 g/mol. The van der Waals surface area contributed by atoms with Gasteiger partial charge in [-0.15, -0.1) is 0 Å². The van der Waals surface area contributed by atoms with E-state index in [0.717, 1.165) is 37.5 Å². The highest BCUT2D eigenvalue weighted by atomic mass is 16.5. The number of hydrogen-bond acceptors (Lipinski definition) is 4. The Morgan fingerprint density at radius 2 is 2.30 bits per heavy atom. The average molecular weight is 277 g/mol. The Kier molecular flexibility index (Phi) is 4.95. The van der Waals surface area contributed by atoms with Crippen LogP contribution in [-0.4, -0.2) is 48.6 Å². The van der Waals surface area contributed by atoms with Crippen LogP contribution in [0.25, 0.3) is 0 Å². The minimum Gasteiger partial charge on any atom is -0.379 e. The molecule has 0 spiro atoms. The molecule has 20 heavy (non-hydrogen) atoms. The summed E-state index contributed by atoms with van der Waals surface area (Å²) in [6.07, 6.45) is 1.73. The van der Waals surface area contributed by atoms with Crippen LogP contribution in [0, 0.1) is 0 Å². The summed E-state index contributed by atoms with van der Waals surface area (Å²) in [5, 5.41) is 3.18. The van der Waals surface area contributed by atoms with E-state index in [4.69, 9.17) is 4.74 Å². The molecule has 0 radical (unpaired) electrons. The number of hydrogen-bond donors (Lipinski definition) is 1. The van der Waals surface area contributed by atoms with Gasteiger partial charge in [-0.2, -0.15) is 0 Å². The van der Waals surface area contributed by atoms with Crippen LogP contribution in [0.4, 0.5) is 5.82 Å². The molecule has 1 saturated heterocycles. The molecule has 110 valence electrons. The van der Waals surface area contributed by atoms with Crippen molar-refractivity contribution in [2.75, 3.05) is 32.1 Å². The highest BCUT2D eigenvalue weighted by Crippen LogP contribution is 2.17. The summed E-state index contributed by atoms with van der Waals surface area (Å²) >= 11 is 0. The second-order valence-electron chi connectivity index (χ2n) is 5.05. The number of ether oxygens (including phenoxy) is 1. The van der Waals surface area contributed by atoms with E-state index in [-0.39, 0.29) is 11.9 Å². The maximum Gasteiger partial charge on any atom is 0.254 e. The lowest BCUT2D eigenvalue weighted by molar-refractivity contribution is 0.0711. The second-order valence-corrected chi connectivity index (χ2v) is 5.05. The van der Waals surface area contributed by atoms with Crippen molar-refractivity contribution in [1.82, 2.24) is 9.88 Å². The minimum atomic E-state index is 0.0387. The maximum absolute atomic E-state index is 12.6. The molecular weight excluding hydrogens is 254 g/mol. The predicted octanol–water partition coefficient (Wildman–Crippen LogP) is 1.94. The summed E-state index contributed by atoms with van der Waals surface area (Å²) in [6, 6.07) is 3.90. The molecule has 2 rings (SSSR count). The number of carbonyl (C=O) groups is 1. The topological polar surface area (TPSA) is 54.5 Å². The first kappa shape index (κ1) is 14.8. The van der Waals surface area contributed by atoms with Crippen LogP contribution in [-0.2, 0) is 11.2 Å². The van der Waals surface area contributed by atoms with Crippen LogP contribution in [0.5, 0.6) is 0 Å². The highest BCUT2D eigenvalue weighted by Gasteiger charge is 2.25. The third-order valence-electron chi connectivity index (χ3n) is 3.62. The van der Waals surface area contributed by atoms with Crippen LogP contribution in [0.3, 0.4) is 0 Å². The molecule has 0 saturated carbocycles. The van der Waals surface area contributed by atoms with Crippen molar-refractivity contribution in [3.05, 3.63) is 23.4 Å². The fourth-order valence-corrected chi connectivity index (χ4v) is 2.36. The molecule has 2 heterocycles. The van der Waals surface area contributed by atoms with Crippen molar-refractivity contribution in [2.45, 2.75) is 32.7 Å². The van der Waals surface area contributed by atoms with E-state index in [1.807, 2.05) is 33.0 Å². The van der Waals surface area contributed by atoms with Crippen LogP contribution in [0.2, 0.25) is 0 Å². The van der Waals surface area contributed by atoms with Crippen molar-refractivity contribution >= 4 is 11.7 Å². The van der Waals surface area contributed by atoms with Gasteiger partial charge in [-0.1, -0.05) is 6.92 Å². The van der Waals surface area contributed by atoms with E-state index < -0.39 is 0 Å². The predicted molar refractivity (Wildman–Crippen MR) is 79.1 cm³/mol. The minimum absolute atomic E-state index is 0.0387. The first-order valence-corrected chi connectivity index (χ1v) is 7.25. The van der Waals surface area contributed by atoms with Gasteiger partial charge in [-0.3, -0.25) is 4.79 Å². The summed E-state index contributed by atoms with van der Waals surface area (Å²) in [6.45, 7) is 6.22. The van der Waals surface area contributed by atoms with Crippen molar-refractivity contribution in [3.63, 3.8) is 0 Å². The molecule has 0 bridgehead atoms. The van der Waals surface area contributed by atoms with E-state index in [1.165, 1.54) is 0 Å². The lowest BCUT2D eigenvalue weighted by Crippen LogP contribution is -2.37. The van der Waals surface area contributed by atoms with Crippen LogP contribution in [0.1, 0.15) is 36.3 Å². The third-order valence-corrected chi connectivity index (χ3v) is 3.62. The van der Waals surface area contributed by atoms with E-state index in [2.05, 4.69) is 10.3 Å². The van der Waals surface area contributed by atoms with E-state index in [0.29, 0.717) is 12.2 Å². The maximum atomic E-state index is 12.6. The Bertz CT molecular complexity index is 470. The molecular formula is C15H23N3O2. The first-order valence-electron chi connectivity index (χ1n) is 7.25. The third kappa shape index (κ3) is 3.28. The number of carbonyl (C=O) groups excluding carboxylic acids is 1. The molecule has 5 heteroatoms. The fraction of sp³-hybridized carbons (Fsp3) is 0.600. The largest absolute Gasteiger partial charge is 0.379 e. The van der Waals surface area contributed by atoms with Gasteiger partial charge in [0.2, 0.25) is 0 Å². The molecule has 1 atom stereocenters. The number of likely N-dealkylation sites (N-methyl/N-ethyl adjacent to an activating group) is 1. The molecule has 1 fully saturated rings. The molecule has 1 aromatic heterocycles. The number of amides is 1. The highest BCUT2D eigenvalue weighted by molar-refractivity contribution is 5.95. The summed E-state index contributed by atoms with van der Waals surface area (Å²) in [5.41, 5.74) is 1.63. The quantitative estimate of drug-likeness (QED) is 0.893. The Labute approximate surface area is 120 Å². The van der Waals surface area contributed by atoms with E-state index >= 15 is 0 Å². The van der Waals surface area contributed by atoms with Crippen molar-refractivity contribution in [3.8, 4) is 0 Å². The number of pyridine rings is 1.